The zero-order valence-electron chi connectivity index (χ0n) is 14.4. The van der Waals surface area contributed by atoms with Crippen LogP contribution in [0.4, 0.5) is 0 Å². The van der Waals surface area contributed by atoms with Crippen LogP contribution in [0.15, 0.2) is 30.5 Å². The number of aromatic nitrogens is 3. The molecule has 7 heteroatoms. The van der Waals surface area contributed by atoms with Crippen LogP contribution < -0.4 is 5.32 Å². The maximum Gasteiger partial charge on any atom is 0.220 e. The van der Waals surface area contributed by atoms with E-state index in [-0.39, 0.29) is 12.5 Å². The number of pyridine rings is 1. The van der Waals surface area contributed by atoms with E-state index in [4.69, 9.17) is 5.11 Å². The van der Waals surface area contributed by atoms with E-state index in [1.165, 1.54) is 5.69 Å². The molecule has 2 aromatic heterocycles. The van der Waals surface area contributed by atoms with Crippen LogP contribution in [-0.4, -0.2) is 50.4 Å². The Morgan fingerprint density at radius 1 is 1.28 bits per heavy atom. The van der Waals surface area contributed by atoms with Gasteiger partial charge < -0.3 is 10.4 Å². The molecule has 0 aliphatic carbocycles. The van der Waals surface area contributed by atoms with Crippen molar-refractivity contribution >= 4 is 5.91 Å². The van der Waals surface area contributed by atoms with Gasteiger partial charge in [0.2, 0.25) is 5.91 Å². The third-order valence-electron chi connectivity index (χ3n) is 4.30. The molecule has 2 N–H and O–H groups in total. The highest BCUT2D eigenvalue weighted by Gasteiger charge is 2.17. The summed E-state index contributed by atoms with van der Waals surface area (Å²) in [6, 6.07) is 8.11. The largest absolute Gasteiger partial charge is 0.395 e. The van der Waals surface area contributed by atoms with Crippen molar-refractivity contribution in [1.29, 1.82) is 0 Å². The molecule has 0 unspecified atom stereocenters. The van der Waals surface area contributed by atoms with Gasteiger partial charge in [-0.05, 0) is 24.6 Å². The van der Waals surface area contributed by atoms with Gasteiger partial charge in [0, 0.05) is 51.8 Å². The standard InChI is InChI=1S/C18H25N5O2/c24-11-8-20-18(25)6-5-15-12-17-14-22(9-3-10-23(17)21-15)13-16-4-1-2-7-19-16/h1-2,4,7,12,24H,3,5-6,8-11,13-14H2,(H,20,25). The highest BCUT2D eigenvalue weighted by Crippen LogP contribution is 2.16. The summed E-state index contributed by atoms with van der Waals surface area (Å²) in [6.07, 6.45) is 3.90. The number of carbonyl (C=O) groups excluding carboxylic acids is 1. The summed E-state index contributed by atoms with van der Waals surface area (Å²) in [5, 5.41) is 16.0. The number of fused-ring (bicyclic) bond motifs is 1. The van der Waals surface area contributed by atoms with Crippen LogP contribution in [0.25, 0.3) is 0 Å². The van der Waals surface area contributed by atoms with Gasteiger partial charge in [0.05, 0.1) is 23.7 Å². The number of carbonyl (C=O) groups is 1. The fourth-order valence-corrected chi connectivity index (χ4v) is 3.09. The topological polar surface area (TPSA) is 83.3 Å². The van der Waals surface area contributed by atoms with E-state index >= 15 is 0 Å². The lowest BCUT2D eigenvalue weighted by atomic mass is 10.2. The lowest BCUT2D eigenvalue weighted by Crippen LogP contribution is -2.26. The average molecular weight is 343 g/mol. The smallest absolute Gasteiger partial charge is 0.220 e. The quantitative estimate of drug-likeness (QED) is 0.774. The van der Waals surface area contributed by atoms with E-state index in [1.54, 1.807) is 0 Å². The first-order chi connectivity index (χ1) is 12.2. The Morgan fingerprint density at radius 3 is 3.00 bits per heavy atom. The summed E-state index contributed by atoms with van der Waals surface area (Å²) in [5.74, 6) is -0.0472. The molecule has 3 rings (SSSR count). The molecular formula is C18H25N5O2. The Hall–Kier alpha value is -2.25. The maximum absolute atomic E-state index is 11.7. The first-order valence-electron chi connectivity index (χ1n) is 8.80. The second-order valence-corrected chi connectivity index (χ2v) is 6.31. The number of nitrogens with one attached hydrogen (secondary N) is 1. The van der Waals surface area contributed by atoms with Crippen molar-refractivity contribution in [1.82, 2.24) is 25.0 Å². The predicted molar refractivity (Wildman–Crippen MR) is 93.6 cm³/mol. The second kappa shape index (κ2) is 8.73. The minimum absolute atomic E-state index is 0.0311. The minimum Gasteiger partial charge on any atom is -0.395 e. The van der Waals surface area contributed by atoms with Crippen molar-refractivity contribution in [3.05, 3.63) is 47.5 Å². The molecule has 1 aliphatic rings. The molecule has 134 valence electrons. The molecule has 1 aliphatic heterocycles. The van der Waals surface area contributed by atoms with Gasteiger partial charge in [-0.25, -0.2) is 0 Å². The van der Waals surface area contributed by atoms with Crippen LogP contribution in [-0.2, 0) is 30.8 Å². The van der Waals surface area contributed by atoms with Crippen molar-refractivity contribution < 1.29 is 9.90 Å². The van der Waals surface area contributed by atoms with E-state index < -0.39 is 0 Å². The number of rotatable bonds is 7. The number of hydrogen-bond acceptors (Lipinski definition) is 5. The van der Waals surface area contributed by atoms with Gasteiger partial charge in [-0.2, -0.15) is 5.10 Å². The SMILES string of the molecule is O=C(CCc1cc2n(n1)CCCN(Cc1ccccn1)C2)NCCO. The van der Waals surface area contributed by atoms with Gasteiger partial charge in [-0.1, -0.05) is 6.07 Å². The molecular weight excluding hydrogens is 318 g/mol. The zero-order chi connectivity index (χ0) is 17.5. The summed E-state index contributed by atoms with van der Waals surface area (Å²) in [7, 11) is 0. The van der Waals surface area contributed by atoms with Gasteiger partial charge in [0.15, 0.2) is 0 Å². The molecule has 0 radical (unpaired) electrons. The number of amides is 1. The summed E-state index contributed by atoms with van der Waals surface area (Å²) < 4.78 is 2.07. The monoisotopic (exact) mass is 343 g/mol. The first kappa shape index (κ1) is 17.6. The molecule has 0 saturated carbocycles. The van der Waals surface area contributed by atoms with E-state index in [9.17, 15) is 4.79 Å². The molecule has 0 saturated heterocycles. The molecule has 3 heterocycles. The summed E-state index contributed by atoms with van der Waals surface area (Å²) in [6.45, 7) is 3.90. The van der Waals surface area contributed by atoms with Gasteiger partial charge in [-0.15, -0.1) is 0 Å². The molecule has 0 aromatic carbocycles. The van der Waals surface area contributed by atoms with Crippen LogP contribution >= 0.6 is 0 Å². The molecule has 0 spiro atoms. The third kappa shape index (κ3) is 5.11. The Morgan fingerprint density at radius 2 is 2.20 bits per heavy atom. The van der Waals surface area contributed by atoms with Crippen molar-refractivity contribution in [3.8, 4) is 0 Å². The van der Waals surface area contributed by atoms with Crippen LogP contribution in [0, 0.1) is 0 Å². The second-order valence-electron chi connectivity index (χ2n) is 6.31. The van der Waals surface area contributed by atoms with Crippen molar-refractivity contribution in [3.63, 3.8) is 0 Å². The number of aryl methyl sites for hydroxylation is 2. The lowest BCUT2D eigenvalue weighted by molar-refractivity contribution is -0.121. The van der Waals surface area contributed by atoms with Crippen LogP contribution in [0.5, 0.6) is 0 Å². The fraction of sp³-hybridized carbons (Fsp3) is 0.500. The predicted octanol–water partition coefficient (Wildman–Crippen LogP) is 0.725. The first-order valence-corrected chi connectivity index (χ1v) is 8.80. The summed E-state index contributed by atoms with van der Waals surface area (Å²) in [5.41, 5.74) is 3.23. The number of nitrogens with zero attached hydrogens (tertiary/aromatic N) is 4. The van der Waals surface area contributed by atoms with Crippen LogP contribution in [0.2, 0.25) is 0 Å². The van der Waals surface area contributed by atoms with Crippen LogP contribution in [0.1, 0.15) is 29.9 Å². The number of aliphatic hydroxyl groups is 1. The number of aliphatic hydroxyl groups excluding tert-OH is 1. The molecule has 0 bridgehead atoms. The summed E-state index contributed by atoms with van der Waals surface area (Å²) in [4.78, 5) is 18.5. The van der Waals surface area contributed by atoms with E-state index in [2.05, 4.69) is 37.1 Å². The maximum atomic E-state index is 11.7. The van der Waals surface area contributed by atoms with Gasteiger partial charge in [-0.3, -0.25) is 19.4 Å². The minimum atomic E-state index is -0.0472. The molecule has 1 amide bonds. The molecule has 2 aromatic rings. The summed E-state index contributed by atoms with van der Waals surface area (Å²) >= 11 is 0. The molecule has 0 fully saturated rings. The Kier molecular flexibility index (Phi) is 6.14. The normalized spacial score (nSPS) is 14.8. The average Bonchev–Trinajstić information content (AvgIpc) is 2.91. The highest BCUT2D eigenvalue weighted by atomic mass is 16.3. The van der Waals surface area contributed by atoms with Gasteiger partial charge in [0.1, 0.15) is 0 Å². The van der Waals surface area contributed by atoms with Gasteiger partial charge >= 0.3 is 0 Å². The number of hydrogen-bond donors (Lipinski definition) is 2. The highest BCUT2D eigenvalue weighted by molar-refractivity contribution is 5.76. The van der Waals surface area contributed by atoms with E-state index in [0.717, 1.165) is 44.0 Å². The van der Waals surface area contributed by atoms with Crippen molar-refractivity contribution in [2.24, 2.45) is 0 Å². The van der Waals surface area contributed by atoms with E-state index in [1.807, 2.05) is 18.3 Å². The van der Waals surface area contributed by atoms with Crippen molar-refractivity contribution in [2.75, 3.05) is 19.7 Å². The van der Waals surface area contributed by atoms with Crippen molar-refractivity contribution in [2.45, 2.75) is 38.9 Å². The lowest BCUT2D eigenvalue weighted by Gasteiger charge is -2.18. The van der Waals surface area contributed by atoms with Crippen LogP contribution in [0.3, 0.4) is 0 Å². The third-order valence-corrected chi connectivity index (χ3v) is 4.30. The Balaban J connectivity index is 1.58. The Bertz CT molecular complexity index is 686. The Labute approximate surface area is 147 Å². The molecule has 0 atom stereocenters. The molecule has 25 heavy (non-hydrogen) atoms. The van der Waals surface area contributed by atoms with Gasteiger partial charge in [0.25, 0.3) is 0 Å². The fourth-order valence-electron chi connectivity index (χ4n) is 3.09. The zero-order valence-corrected chi connectivity index (χ0v) is 14.4. The molecule has 7 nitrogen and oxygen atoms in total. The van der Waals surface area contributed by atoms with E-state index in [0.29, 0.717) is 19.4 Å².